The Balaban J connectivity index is 2.92. The molecule has 0 fully saturated rings. The van der Waals surface area contributed by atoms with Crippen LogP contribution in [-0.2, 0) is 4.79 Å². The molecule has 0 aliphatic heterocycles. The highest BCUT2D eigenvalue weighted by molar-refractivity contribution is 5.91. The molecule has 1 rings (SSSR count). The maximum Gasteiger partial charge on any atom is 0.387 e. The van der Waals surface area contributed by atoms with E-state index >= 15 is 0 Å². The number of benzene rings is 1. The van der Waals surface area contributed by atoms with Crippen LogP contribution in [0.15, 0.2) is 24.3 Å². The van der Waals surface area contributed by atoms with Gasteiger partial charge in [-0.1, -0.05) is 6.07 Å². The molecule has 0 atom stereocenters. The van der Waals surface area contributed by atoms with Crippen molar-refractivity contribution in [2.45, 2.75) is 33.4 Å². The smallest absolute Gasteiger partial charge is 0.387 e. The van der Waals surface area contributed by atoms with E-state index in [1.165, 1.54) is 12.1 Å². The van der Waals surface area contributed by atoms with E-state index in [9.17, 15) is 13.6 Å². The Morgan fingerprint density at radius 1 is 1.32 bits per heavy atom. The maximum atomic E-state index is 12.3. The summed E-state index contributed by atoms with van der Waals surface area (Å²) in [6, 6.07) is 4.63. The van der Waals surface area contributed by atoms with Gasteiger partial charge in [-0.05, 0) is 44.5 Å². The van der Waals surface area contributed by atoms with Crippen molar-refractivity contribution in [3.8, 4) is 11.5 Å². The van der Waals surface area contributed by atoms with Gasteiger partial charge in [-0.25, -0.2) is 0 Å². The zero-order valence-corrected chi connectivity index (χ0v) is 13.2. The van der Waals surface area contributed by atoms with Crippen LogP contribution in [-0.4, -0.2) is 37.1 Å². The number of alkyl halides is 2. The second kappa shape index (κ2) is 8.36. The molecule has 0 radical (unpaired) electrons. The Labute approximate surface area is 129 Å². The lowest BCUT2D eigenvalue weighted by Crippen LogP contribution is -2.31. The molecule has 0 N–H and O–H groups in total. The Morgan fingerprint density at radius 3 is 2.55 bits per heavy atom. The van der Waals surface area contributed by atoms with Crippen LogP contribution in [0, 0.1) is 0 Å². The van der Waals surface area contributed by atoms with Gasteiger partial charge in [-0.2, -0.15) is 8.78 Å². The lowest BCUT2D eigenvalue weighted by atomic mass is 10.2. The second-order valence-electron chi connectivity index (χ2n) is 4.89. The third-order valence-electron chi connectivity index (χ3n) is 3.02. The minimum absolute atomic E-state index is 0.0281. The average Bonchev–Trinajstić information content (AvgIpc) is 2.46. The number of amides is 1. The van der Waals surface area contributed by atoms with Crippen LogP contribution < -0.4 is 9.47 Å². The minimum atomic E-state index is -2.91. The van der Waals surface area contributed by atoms with E-state index in [-0.39, 0.29) is 23.4 Å². The Morgan fingerprint density at radius 2 is 2.00 bits per heavy atom. The van der Waals surface area contributed by atoms with Gasteiger partial charge in [0, 0.05) is 19.2 Å². The van der Waals surface area contributed by atoms with Crippen molar-refractivity contribution in [1.29, 1.82) is 0 Å². The van der Waals surface area contributed by atoms with E-state index in [0.29, 0.717) is 12.2 Å². The first-order valence-corrected chi connectivity index (χ1v) is 7.01. The number of hydrogen-bond donors (Lipinski definition) is 0. The molecule has 0 aliphatic carbocycles. The quantitative estimate of drug-likeness (QED) is 0.722. The topological polar surface area (TPSA) is 38.8 Å². The molecule has 0 heterocycles. The Bertz CT molecular complexity index is 530. The number of hydrogen-bond acceptors (Lipinski definition) is 3. The fourth-order valence-electron chi connectivity index (χ4n) is 1.63. The normalized spacial score (nSPS) is 11.3. The van der Waals surface area contributed by atoms with Gasteiger partial charge < -0.3 is 14.4 Å². The summed E-state index contributed by atoms with van der Waals surface area (Å²) in [6.45, 7) is 2.98. The highest BCUT2D eigenvalue weighted by Gasteiger charge is 2.12. The number of carbonyl (C=O) groups excluding carboxylic acids is 1. The molecule has 1 amide bonds. The molecule has 0 spiro atoms. The predicted octanol–water partition coefficient (Wildman–Crippen LogP) is 3.57. The number of nitrogens with zero attached hydrogens (tertiary/aromatic N) is 1. The van der Waals surface area contributed by atoms with Gasteiger partial charge in [0.25, 0.3) is 0 Å². The number of carbonyl (C=O) groups is 1. The van der Waals surface area contributed by atoms with E-state index in [2.05, 4.69) is 4.74 Å². The van der Waals surface area contributed by atoms with Crippen molar-refractivity contribution in [1.82, 2.24) is 4.90 Å². The lowest BCUT2D eigenvalue weighted by molar-refractivity contribution is -0.126. The van der Waals surface area contributed by atoms with E-state index < -0.39 is 6.61 Å². The summed E-state index contributed by atoms with van der Waals surface area (Å²) in [5.41, 5.74) is 0.663. The Hall–Kier alpha value is -2.11. The standard InChI is InChI=1S/C16H21F2NO3/c1-5-21-14-10-12(6-8-13(14)22-16(17)18)7-9-15(20)19(4)11(2)3/h6-11,16H,5H2,1-4H3/b9-7+. The third-order valence-corrected chi connectivity index (χ3v) is 3.02. The fourth-order valence-corrected chi connectivity index (χ4v) is 1.63. The van der Waals surface area contributed by atoms with Crippen LogP contribution in [0.5, 0.6) is 11.5 Å². The first-order chi connectivity index (χ1) is 10.3. The van der Waals surface area contributed by atoms with Crippen LogP contribution in [0.1, 0.15) is 26.3 Å². The van der Waals surface area contributed by atoms with Crippen molar-refractivity contribution < 1.29 is 23.0 Å². The molecule has 0 bridgehead atoms. The molecule has 6 heteroatoms. The Kier molecular flexibility index (Phi) is 6.82. The van der Waals surface area contributed by atoms with Crippen LogP contribution in [0.4, 0.5) is 8.78 Å². The molecule has 1 aromatic rings. The first-order valence-electron chi connectivity index (χ1n) is 7.01. The fraction of sp³-hybridized carbons (Fsp3) is 0.438. The third kappa shape index (κ3) is 5.35. The molecular weight excluding hydrogens is 292 g/mol. The predicted molar refractivity (Wildman–Crippen MR) is 81.2 cm³/mol. The number of halogens is 2. The molecule has 4 nitrogen and oxygen atoms in total. The molecule has 0 unspecified atom stereocenters. The van der Waals surface area contributed by atoms with Crippen LogP contribution in [0.3, 0.4) is 0 Å². The maximum absolute atomic E-state index is 12.3. The van der Waals surface area contributed by atoms with Gasteiger partial charge in [0.1, 0.15) is 0 Å². The summed E-state index contributed by atoms with van der Waals surface area (Å²) in [7, 11) is 1.71. The van der Waals surface area contributed by atoms with Gasteiger partial charge in [0.15, 0.2) is 11.5 Å². The van der Waals surface area contributed by atoms with Gasteiger partial charge in [-0.3, -0.25) is 4.79 Å². The first kappa shape index (κ1) is 17.9. The summed E-state index contributed by atoms with van der Waals surface area (Å²) in [4.78, 5) is 13.5. The summed E-state index contributed by atoms with van der Waals surface area (Å²) >= 11 is 0. The summed E-state index contributed by atoms with van der Waals surface area (Å²) in [5, 5.41) is 0. The monoisotopic (exact) mass is 313 g/mol. The van der Waals surface area contributed by atoms with Crippen molar-refractivity contribution in [2.24, 2.45) is 0 Å². The van der Waals surface area contributed by atoms with Crippen LogP contribution >= 0.6 is 0 Å². The summed E-state index contributed by atoms with van der Waals surface area (Å²) < 4.78 is 34.3. The van der Waals surface area contributed by atoms with Crippen molar-refractivity contribution in [2.75, 3.05) is 13.7 Å². The van der Waals surface area contributed by atoms with E-state index in [1.807, 2.05) is 13.8 Å². The molecule has 22 heavy (non-hydrogen) atoms. The van der Waals surface area contributed by atoms with E-state index in [4.69, 9.17) is 4.74 Å². The van der Waals surface area contributed by atoms with Gasteiger partial charge in [0.2, 0.25) is 5.91 Å². The second-order valence-corrected chi connectivity index (χ2v) is 4.89. The zero-order valence-electron chi connectivity index (χ0n) is 13.2. The zero-order chi connectivity index (χ0) is 16.7. The van der Waals surface area contributed by atoms with E-state index in [0.717, 1.165) is 0 Å². The molecule has 1 aromatic carbocycles. The highest BCUT2D eigenvalue weighted by atomic mass is 19.3. The molecule has 122 valence electrons. The minimum Gasteiger partial charge on any atom is -0.490 e. The van der Waals surface area contributed by atoms with Crippen molar-refractivity contribution in [3.05, 3.63) is 29.8 Å². The molecule has 0 saturated heterocycles. The van der Waals surface area contributed by atoms with Crippen molar-refractivity contribution >= 4 is 12.0 Å². The van der Waals surface area contributed by atoms with Gasteiger partial charge >= 0.3 is 6.61 Å². The number of ether oxygens (including phenoxy) is 2. The number of rotatable bonds is 7. The molecule has 0 saturated carbocycles. The van der Waals surface area contributed by atoms with E-state index in [1.54, 1.807) is 37.1 Å². The van der Waals surface area contributed by atoms with Gasteiger partial charge in [-0.15, -0.1) is 0 Å². The largest absolute Gasteiger partial charge is 0.490 e. The average molecular weight is 313 g/mol. The summed E-state index contributed by atoms with van der Waals surface area (Å²) in [5.74, 6) is 0.0510. The van der Waals surface area contributed by atoms with Crippen LogP contribution in [0.2, 0.25) is 0 Å². The molecule has 0 aromatic heterocycles. The molecular formula is C16H21F2NO3. The highest BCUT2D eigenvalue weighted by Crippen LogP contribution is 2.30. The number of likely N-dealkylation sites (N-methyl/N-ethyl adjacent to an activating group) is 1. The SMILES string of the molecule is CCOc1cc(/C=C/C(=O)N(C)C(C)C)ccc1OC(F)F. The van der Waals surface area contributed by atoms with Crippen molar-refractivity contribution in [3.63, 3.8) is 0 Å². The summed E-state index contributed by atoms with van der Waals surface area (Å²) in [6.07, 6.45) is 3.04. The molecule has 0 aliphatic rings. The van der Waals surface area contributed by atoms with Gasteiger partial charge in [0.05, 0.1) is 6.61 Å². The lowest BCUT2D eigenvalue weighted by Gasteiger charge is -2.19. The van der Waals surface area contributed by atoms with Crippen LogP contribution in [0.25, 0.3) is 6.08 Å².